The van der Waals surface area contributed by atoms with Crippen LogP contribution in [0.15, 0.2) is 28.7 Å². The number of pyridine rings is 1. The predicted molar refractivity (Wildman–Crippen MR) is 126 cm³/mol. The third kappa shape index (κ3) is 6.40. The molecule has 30 heavy (non-hydrogen) atoms. The molecule has 0 unspecified atom stereocenters. The first-order valence-corrected chi connectivity index (χ1v) is 11.9. The summed E-state index contributed by atoms with van der Waals surface area (Å²) in [6.07, 6.45) is 1.95. The van der Waals surface area contributed by atoms with Gasteiger partial charge in [0, 0.05) is 44.3 Å². The summed E-state index contributed by atoms with van der Waals surface area (Å²) < 4.78 is 0. The molecular weight excluding hydrogens is 394 g/mol. The summed E-state index contributed by atoms with van der Waals surface area (Å²) in [6.45, 7) is 16.2. The number of nitrogens with one attached hydrogen (secondary N) is 2. The highest BCUT2D eigenvalue weighted by atomic mass is 32.1. The summed E-state index contributed by atoms with van der Waals surface area (Å²) in [6, 6.07) is 4.26. The van der Waals surface area contributed by atoms with Crippen LogP contribution in [0.2, 0.25) is 0 Å². The second kappa shape index (κ2) is 11.3. The summed E-state index contributed by atoms with van der Waals surface area (Å²) in [7, 11) is 0. The monoisotopic (exact) mass is 429 g/mol. The molecule has 2 N–H and O–H groups in total. The molecule has 1 fully saturated rings. The zero-order chi connectivity index (χ0) is 21.3. The van der Waals surface area contributed by atoms with Crippen LogP contribution in [0, 0.1) is 0 Å². The van der Waals surface area contributed by atoms with Gasteiger partial charge in [-0.3, -0.25) is 0 Å². The number of piperazine rings is 1. The molecule has 1 aliphatic heterocycles. The summed E-state index contributed by atoms with van der Waals surface area (Å²) in [5, 5.41) is 9.92. The van der Waals surface area contributed by atoms with Crippen LogP contribution >= 0.6 is 11.3 Å². The highest BCUT2D eigenvalue weighted by molar-refractivity contribution is 7.09. The van der Waals surface area contributed by atoms with E-state index in [0.717, 1.165) is 67.3 Å². The highest BCUT2D eigenvalue weighted by Crippen LogP contribution is 2.17. The predicted octanol–water partition coefficient (Wildman–Crippen LogP) is 3.06. The maximum absolute atomic E-state index is 4.71. The number of hydrogen-bond donors (Lipinski definition) is 2. The number of anilines is 1. The number of guanidine groups is 1. The van der Waals surface area contributed by atoms with Gasteiger partial charge in [0.05, 0.1) is 18.8 Å². The fraction of sp³-hybridized carbons (Fsp3) is 0.591. The zero-order valence-corrected chi connectivity index (χ0v) is 19.5. The lowest BCUT2D eigenvalue weighted by atomic mass is 10.2. The van der Waals surface area contributed by atoms with Crippen LogP contribution < -0.4 is 15.5 Å². The maximum Gasteiger partial charge on any atom is 0.191 e. The van der Waals surface area contributed by atoms with Crippen LogP contribution in [0.1, 0.15) is 49.9 Å². The Balaban J connectivity index is 1.53. The molecule has 0 amide bonds. The molecule has 2 aromatic heterocycles. The Morgan fingerprint density at radius 2 is 1.97 bits per heavy atom. The molecule has 7 nitrogen and oxygen atoms in total. The molecule has 8 heteroatoms. The van der Waals surface area contributed by atoms with Crippen molar-refractivity contribution < 1.29 is 0 Å². The third-order valence-electron chi connectivity index (χ3n) is 5.28. The van der Waals surface area contributed by atoms with Crippen molar-refractivity contribution in [1.82, 2.24) is 25.5 Å². The van der Waals surface area contributed by atoms with Crippen molar-refractivity contribution in [3.05, 3.63) is 40.0 Å². The van der Waals surface area contributed by atoms with E-state index in [2.05, 4.69) is 75.6 Å². The molecule has 0 atom stereocenters. The van der Waals surface area contributed by atoms with E-state index in [-0.39, 0.29) is 0 Å². The minimum Gasteiger partial charge on any atom is -0.357 e. The van der Waals surface area contributed by atoms with Gasteiger partial charge in [0.15, 0.2) is 5.96 Å². The van der Waals surface area contributed by atoms with Crippen LogP contribution in [0.5, 0.6) is 0 Å². The normalized spacial score (nSPS) is 15.6. The lowest BCUT2D eigenvalue weighted by molar-refractivity contribution is 0.270. The third-order valence-corrected chi connectivity index (χ3v) is 6.15. The molecule has 1 saturated heterocycles. The smallest absolute Gasteiger partial charge is 0.191 e. The first kappa shape index (κ1) is 22.5. The van der Waals surface area contributed by atoms with Crippen LogP contribution in [-0.2, 0) is 13.1 Å². The Morgan fingerprint density at radius 3 is 2.57 bits per heavy atom. The Morgan fingerprint density at radius 1 is 1.17 bits per heavy atom. The number of hydrogen-bond acceptors (Lipinski definition) is 6. The zero-order valence-electron chi connectivity index (χ0n) is 18.7. The fourth-order valence-electron chi connectivity index (χ4n) is 3.33. The van der Waals surface area contributed by atoms with Gasteiger partial charge in [0.1, 0.15) is 10.8 Å². The average molecular weight is 430 g/mol. The molecule has 0 saturated carbocycles. The molecule has 1 aliphatic rings. The molecule has 0 aromatic carbocycles. The van der Waals surface area contributed by atoms with E-state index in [0.29, 0.717) is 19.0 Å². The number of aliphatic imine (C=N–C) groups is 1. The van der Waals surface area contributed by atoms with Crippen molar-refractivity contribution in [2.24, 2.45) is 4.99 Å². The number of nitrogens with zero attached hydrogens (tertiary/aromatic N) is 5. The second-order valence-corrected chi connectivity index (χ2v) is 8.76. The van der Waals surface area contributed by atoms with Gasteiger partial charge in [-0.2, -0.15) is 0 Å². The Kier molecular flexibility index (Phi) is 8.45. The van der Waals surface area contributed by atoms with E-state index >= 15 is 0 Å². The van der Waals surface area contributed by atoms with Crippen molar-refractivity contribution in [2.45, 2.75) is 46.7 Å². The highest BCUT2D eigenvalue weighted by Gasteiger charge is 2.16. The number of thiazole rings is 1. The molecule has 0 radical (unpaired) electrons. The van der Waals surface area contributed by atoms with Crippen molar-refractivity contribution in [1.29, 1.82) is 0 Å². The van der Waals surface area contributed by atoms with Gasteiger partial charge >= 0.3 is 0 Å². The Bertz CT molecular complexity index is 792. The molecule has 0 aliphatic carbocycles. The topological polar surface area (TPSA) is 68.7 Å². The van der Waals surface area contributed by atoms with E-state index in [1.165, 1.54) is 0 Å². The number of rotatable bonds is 8. The van der Waals surface area contributed by atoms with Crippen molar-refractivity contribution >= 4 is 23.1 Å². The number of aromatic nitrogens is 2. The summed E-state index contributed by atoms with van der Waals surface area (Å²) >= 11 is 1.69. The standard InChI is InChI=1S/C22H35N7S/c1-5-23-22(26-15-21-27-19(16-30-21)17(3)4)25-14-18-7-8-20(24-13-18)29-11-9-28(6-2)10-12-29/h7-8,13,16-17H,5-6,9-12,14-15H2,1-4H3,(H2,23,25,26). The Labute approximate surface area is 184 Å². The van der Waals surface area contributed by atoms with E-state index in [1.54, 1.807) is 11.3 Å². The van der Waals surface area contributed by atoms with E-state index in [1.807, 2.05) is 6.20 Å². The van der Waals surface area contributed by atoms with Crippen molar-refractivity contribution in [3.63, 3.8) is 0 Å². The average Bonchev–Trinajstić information content (AvgIpc) is 3.26. The summed E-state index contributed by atoms with van der Waals surface area (Å²) in [5.74, 6) is 2.33. The number of likely N-dealkylation sites (N-methyl/N-ethyl adjacent to an activating group) is 1. The molecule has 3 heterocycles. The molecule has 2 aromatic rings. The molecule has 0 spiro atoms. The molecular formula is C22H35N7S. The summed E-state index contributed by atoms with van der Waals surface area (Å²) in [5.41, 5.74) is 2.26. The maximum atomic E-state index is 4.71. The fourth-order valence-corrected chi connectivity index (χ4v) is 4.23. The van der Waals surface area contributed by atoms with Crippen molar-refractivity contribution in [2.75, 3.05) is 44.2 Å². The van der Waals surface area contributed by atoms with Gasteiger partial charge in [-0.05, 0) is 31.0 Å². The van der Waals surface area contributed by atoms with Gasteiger partial charge in [-0.15, -0.1) is 11.3 Å². The van der Waals surface area contributed by atoms with E-state index in [9.17, 15) is 0 Å². The lowest BCUT2D eigenvalue weighted by Gasteiger charge is -2.34. The molecule has 0 bridgehead atoms. The minimum absolute atomic E-state index is 0.461. The van der Waals surface area contributed by atoms with Gasteiger partial charge in [0.2, 0.25) is 0 Å². The lowest BCUT2D eigenvalue weighted by Crippen LogP contribution is -2.46. The van der Waals surface area contributed by atoms with E-state index in [4.69, 9.17) is 4.99 Å². The molecule has 164 valence electrons. The van der Waals surface area contributed by atoms with Crippen LogP contribution in [0.3, 0.4) is 0 Å². The van der Waals surface area contributed by atoms with Crippen LogP contribution in [-0.4, -0.2) is 60.1 Å². The van der Waals surface area contributed by atoms with Gasteiger partial charge in [-0.1, -0.05) is 26.8 Å². The SMILES string of the molecule is CCNC(=NCc1ccc(N2CCN(CC)CC2)nc1)NCc1nc(C(C)C)cs1. The second-order valence-electron chi connectivity index (χ2n) is 7.82. The van der Waals surface area contributed by atoms with Crippen LogP contribution in [0.4, 0.5) is 5.82 Å². The minimum atomic E-state index is 0.461. The first-order chi connectivity index (χ1) is 14.6. The van der Waals surface area contributed by atoms with Gasteiger partial charge in [0.25, 0.3) is 0 Å². The largest absolute Gasteiger partial charge is 0.357 e. The van der Waals surface area contributed by atoms with Crippen molar-refractivity contribution in [3.8, 4) is 0 Å². The first-order valence-electron chi connectivity index (χ1n) is 11.0. The quantitative estimate of drug-likeness (QED) is 0.497. The van der Waals surface area contributed by atoms with Gasteiger partial charge in [-0.25, -0.2) is 15.0 Å². The van der Waals surface area contributed by atoms with Gasteiger partial charge < -0.3 is 20.4 Å². The van der Waals surface area contributed by atoms with Crippen LogP contribution in [0.25, 0.3) is 0 Å². The Hall–Kier alpha value is -2.19. The summed E-state index contributed by atoms with van der Waals surface area (Å²) in [4.78, 5) is 18.9. The molecule has 3 rings (SSSR count). The van der Waals surface area contributed by atoms with E-state index < -0.39 is 0 Å².